The molecule has 0 atom stereocenters. The molecule has 0 radical (unpaired) electrons. The zero-order chi connectivity index (χ0) is 17.3. The molecular weight excluding hydrogens is 326 g/mol. The van der Waals surface area contributed by atoms with Crippen LogP contribution in [0.15, 0.2) is 48.7 Å². The summed E-state index contributed by atoms with van der Waals surface area (Å²) in [7, 11) is 0. The smallest absolute Gasteiger partial charge is 0.359 e. The van der Waals surface area contributed by atoms with Crippen LogP contribution in [0.25, 0.3) is 10.9 Å². The minimum Gasteiger partial charge on any atom is -0.359 e. The molecule has 3 N–H and O–H groups in total. The molecule has 0 unspecified atom stereocenters. The third-order valence-corrected chi connectivity index (χ3v) is 3.36. The summed E-state index contributed by atoms with van der Waals surface area (Å²) in [4.78, 5) is 14.8. The number of alkyl halides is 3. The van der Waals surface area contributed by atoms with E-state index in [1.54, 1.807) is 0 Å². The topological polar surface area (TPSA) is 56.9 Å². The van der Waals surface area contributed by atoms with Crippen molar-refractivity contribution in [2.45, 2.75) is 6.18 Å². The molecule has 3 rings (SSSR count). The third kappa shape index (κ3) is 3.32. The highest BCUT2D eigenvalue weighted by Gasteiger charge is 2.29. The third-order valence-electron chi connectivity index (χ3n) is 3.36. The van der Waals surface area contributed by atoms with Crippen molar-refractivity contribution in [3.63, 3.8) is 0 Å². The predicted molar refractivity (Wildman–Crippen MR) is 82.3 cm³/mol. The van der Waals surface area contributed by atoms with E-state index >= 15 is 0 Å². The van der Waals surface area contributed by atoms with Crippen LogP contribution >= 0.6 is 0 Å². The Kier molecular flexibility index (Phi) is 3.88. The highest BCUT2D eigenvalue weighted by Crippen LogP contribution is 2.30. The van der Waals surface area contributed by atoms with Gasteiger partial charge in [0, 0.05) is 22.8 Å². The molecule has 8 heteroatoms. The van der Waals surface area contributed by atoms with Crippen molar-refractivity contribution in [2.24, 2.45) is 0 Å². The molecule has 0 fully saturated rings. The van der Waals surface area contributed by atoms with Crippen LogP contribution in [-0.2, 0) is 6.18 Å². The molecule has 0 aliphatic heterocycles. The quantitative estimate of drug-likeness (QED) is 0.568. The fourth-order valence-electron chi connectivity index (χ4n) is 2.22. The van der Waals surface area contributed by atoms with Crippen LogP contribution in [0.3, 0.4) is 0 Å². The first kappa shape index (κ1) is 15.9. The van der Waals surface area contributed by atoms with Crippen molar-refractivity contribution in [1.29, 1.82) is 0 Å². The van der Waals surface area contributed by atoms with Gasteiger partial charge in [0.1, 0.15) is 5.82 Å². The zero-order valence-corrected chi connectivity index (χ0v) is 12.0. The lowest BCUT2D eigenvalue weighted by molar-refractivity contribution is -0.137. The number of halogens is 4. The number of carbonyl (C=O) groups excluding carboxylic acids is 1. The molecule has 0 aliphatic carbocycles. The van der Waals surface area contributed by atoms with E-state index in [0.29, 0.717) is 16.6 Å². The Labute approximate surface area is 133 Å². The number of fused-ring (bicyclic) bond motifs is 1. The first-order valence-electron chi connectivity index (χ1n) is 6.85. The van der Waals surface area contributed by atoms with E-state index in [4.69, 9.17) is 0 Å². The molecule has 0 saturated heterocycles. The SMILES string of the molecule is O=C(Nc1ccc(C(F)(F)F)cc1)Nc1c[nH]c2ccc(F)cc12. The first-order chi connectivity index (χ1) is 11.3. The van der Waals surface area contributed by atoms with Crippen molar-refractivity contribution in [3.05, 3.63) is 60.0 Å². The Hall–Kier alpha value is -3.03. The number of amides is 2. The van der Waals surface area contributed by atoms with Crippen LogP contribution in [0, 0.1) is 5.82 Å². The summed E-state index contributed by atoms with van der Waals surface area (Å²) >= 11 is 0. The number of rotatable bonds is 2. The van der Waals surface area contributed by atoms with E-state index in [0.717, 1.165) is 24.3 Å². The Morgan fingerprint density at radius 3 is 2.38 bits per heavy atom. The molecule has 1 heterocycles. The summed E-state index contributed by atoms with van der Waals surface area (Å²) in [5.74, 6) is -0.451. The van der Waals surface area contributed by atoms with E-state index < -0.39 is 23.6 Å². The minimum absolute atomic E-state index is 0.200. The molecule has 1 aromatic heterocycles. The number of hydrogen-bond donors (Lipinski definition) is 3. The van der Waals surface area contributed by atoms with Gasteiger partial charge in [-0.15, -0.1) is 0 Å². The predicted octanol–water partition coefficient (Wildman–Crippen LogP) is 4.97. The van der Waals surface area contributed by atoms with Gasteiger partial charge >= 0.3 is 12.2 Å². The van der Waals surface area contributed by atoms with Crippen molar-refractivity contribution in [1.82, 2.24) is 4.98 Å². The molecule has 0 saturated carbocycles. The number of benzene rings is 2. The van der Waals surface area contributed by atoms with Crippen molar-refractivity contribution >= 4 is 28.3 Å². The molecule has 124 valence electrons. The fourth-order valence-corrected chi connectivity index (χ4v) is 2.22. The van der Waals surface area contributed by atoms with Gasteiger partial charge in [-0.2, -0.15) is 13.2 Å². The highest BCUT2D eigenvalue weighted by molar-refractivity contribution is 6.05. The second-order valence-electron chi connectivity index (χ2n) is 5.05. The summed E-state index contributed by atoms with van der Waals surface area (Å²) < 4.78 is 50.7. The van der Waals surface area contributed by atoms with Crippen molar-refractivity contribution < 1.29 is 22.4 Å². The van der Waals surface area contributed by atoms with E-state index in [9.17, 15) is 22.4 Å². The second-order valence-corrected chi connectivity index (χ2v) is 5.05. The van der Waals surface area contributed by atoms with Gasteiger partial charge in [0.2, 0.25) is 0 Å². The molecule has 0 aliphatic rings. The summed E-state index contributed by atoms with van der Waals surface area (Å²) in [6, 6.07) is 7.47. The number of hydrogen-bond acceptors (Lipinski definition) is 1. The fraction of sp³-hybridized carbons (Fsp3) is 0.0625. The molecule has 2 aromatic carbocycles. The van der Waals surface area contributed by atoms with E-state index in [1.807, 2.05) is 0 Å². The van der Waals surface area contributed by atoms with Crippen LogP contribution in [0.1, 0.15) is 5.56 Å². The molecule has 3 aromatic rings. The van der Waals surface area contributed by atoms with Gasteiger partial charge in [-0.3, -0.25) is 0 Å². The normalized spacial score (nSPS) is 11.5. The summed E-state index contributed by atoms with van der Waals surface area (Å²) in [5, 5.41) is 5.41. The monoisotopic (exact) mass is 337 g/mol. The Bertz CT molecular complexity index is 884. The van der Waals surface area contributed by atoms with Gasteiger partial charge < -0.3 is 15.6 Å². The number of urea groups is 1. The number of H-pyrrole nitrogens is 1. The lowest BCUT2D eigenvalue weighted by Crippen LogP contribution is -2.19. The lowest BCUT2D eigenvalue weighted by atomic mass is 10.2. The maximum Gasteiger partial charge on any atom is 0.416 e. The number of anilines is 2. The van der Waals surface area contributed by atoms with Crippen LogP contribution in [0.5, 0.6) is 0 Å². The van der Waals surface area contributed by atoms with Crippen molar-refractivity contribution in [2.75, 3.05) is 10.6 Å². The summed E-state index contributed by atoms with van der Waals surface area (Å²) in [6.45, 7) is 0. The molecule has 24 heavy (non-hydrogen) atoms. The number of aromatic amines is 1. The molecule has 4 nitrogen and oxygen atoms in total. The van der Waals surface area contributed by atoms with Crippen LogP contribution in [0.4, 0.5) is 33.7 Å². The van der Waals surface area contributed by atoms with E-state index in [1.165, 1.54) is 24.4 Å². The Morgan fingerprint density at radius 2 is 1.71 bits per heavy atom. The standard InChI is InChI=1S/C16H11F4N3O/c17-10-3-6-13-12(7-10)14(8-21-13)23-15(24)22-11-4-1-9(2-5-11)16(18,19)20/h1-8,21H,(H2,22,23,24). The Morgan fingerprint density at radius 1 is 1.00 bits per heavy atom. The maximum absolute atomic E-state index is 13.3. The number of nitrogens with one attached hydrogen (secondary N) is 3. The number of carbonyl (C=O) groups is 1. The second kappa shape index (κ2) is 5.88. The largest absolute Gasteiger partial charge is 0.416 e. The van der Waals surface area contributed by atoms with E-state index in [-0.39, 0.29) is 5.69 Å². The zero-order valence-electron chi connectivity index (χ0n) is 12.0. The van der Waals surface area contributed by atoms with Crippen LogP contribution in [-0.4, -0.2) is 11.0 Å². The minimum atomic E-state index is -4.44. The lowest BCUT2D eigenvalue weighted by Gasteiger charge is -2.09. The average molecular weight is 337 g/mol. The van der Waals surface area contributed by atoms with E-state index in [2.05, 4.69) is 15.6 Å². The maximum atomic E-state index is 13.3. The van der Waals surface area contributed by atoms with Gasteiger partial charge in [-0.05, 0) is 42.5 Å². The van der Waals surface area contributed by atoms with Crippen LogP contribution in [0.2, 0.25) is 0 Å². The highest BCUT2D eigenvalue weighted by atomic mass is 19.4. The average Bonchev–Trinajstić information content (AvgIpc) is 2.89. The summed E-state index contributed by atoms with van der Waals surface area (Å²) in [5.41, 5.74) is 0.391. The molecule has 0 bridgehead atoms. The molecular formula is C16H11F4N3O. The van der Waals surface area contributed by atoms with Gasteiger partial charge in [-0.1, -0.05) is 0 Å². The molecule has 2 amide bonds. The van der Waals surface area contributed by atoms with Crippen LogP contribution < -0.4 is 10.6 Å². The van der Waals surface area contributed by atoms with Crippen molar-refractivity contribution in [3.8, 4) is 0 Å². The van der Waals surface area contributed by atoms with Gasteiger partial charge in [0.15, 0.2) is 0 Å². The molecule has 0 spiro atoms. The van der Waals surface area contributed by atoms with Gasteiger partial charge in [0.25, 0.3) is 0 Å². The first-order valence-corrected chi connectivity index (χ1v) is 6.85. The van der Waals surface area contributed by atoms with Gasteiger partial charge in [-0.25, -0.2) is 9.18 Å². The number of aromatic nitrogens is 1. The summed E-state index contributed by atoms with van der Waals surface area (Å²) in [6.07, 6.45) is -2.94. The van der Waals surface area contributed by atoms with Gasteiger partial charge in [0.05, 0.1) is 11.3 Å². The Balaban J connectivity index is 1.72.